The number of methoxy groups -OCH3 is 1. The number of alkyl halides is 3. The summed E-state index contributed by atoms with van der Waals surface area (Å²) in [5.41, 5.74) is -0.795. The molecule has 0 bridgehead atoms. The van der Waals surface area contributed by atoms with Crippen LogP contribution in [0.5, 0.6) is 0 Å². The Labute approximate surface area is 120 Å². The number of nitrogens with zero attached hydrogens (tertiary/aromatic N) is 1. The summed E-state index contributed by atoms with van der Waals surface area (Å²) in [5.74, 6) is -0.238. The number of hydrogen-bond donors (Lipinski definition) is 2. The van der Waals surface area contributed by atoms with Crippen molar-refractivity contribution in [2.24, 2.45) is 0 Å². The lowest BCUT2D eigenvalue weighted by Gasteiger charge is -2.13. The van der Waals surface area contributed by atoms with Crippen molar-refractivity contribution < 1.29 is 22.7 Å². The van der Waals surface area contributed by atoms with Crippen molar-refractivity contribution in [2.75, 3.05) is 30.8 Å². The molecule has 0 aliphatic carbocycles. The summed E-state index contributed by atoms with van der Waals surface area (Å²) in [6, 6.07) is 1.87. The van der Waals surface area contributed by atoms with Gasteiger partial charge in [-0.25, -0.2) is 4.98 Å². The third-order valence-corrected chi connectivity index (χ3v) is 2.57. The van der Waals surface area contributed by atoms with Crippen LogP contribution in [0.2, 0.25) is 0 Å². The van der Waals surface area contributed by atoms with Crippen molar-refractivity contribution in [1.82, 2.24) is 4.98 Å². The van der Waals surface area contributed by atoms with Crippen molar-refractivity contribution >= 4 is 17.6 Å². The van der Waals surface area contributed by atoms with Gasteiger partial charge in [0, 0.05) is 13.1 Å². The number of aromatic nitrogens is 1. The van der Waals surface area contributed by atoms with Gasteiger partial charge in [0.2, 0.25) is 0 Å². The third kappa shape index (κ3) is 5.88. The van der Waals surface area contributed by atoms with Crippen LogP contribution in [-0.4, -0.2) is 31.2 Å². The van der Waals surface area contributed by atoms with E-state index in [-0.39, 0.29) is 24.6 Å². The molecule has 0 saturated carbocycles. The quantitative estimate of drug-likeness (QED) is 0.758. The normalized spacial score (nSPS) is 11.1. The van der Waals surface area contributed by atoms with Crippen LogP contribution in [0.4, 0.5) is 24.8 Å². The third-order valence-electron chi connectivity index (χ3n) is 2.57. The van der Waals surface area contributed by atoms with E-state index in [0.717, 1.165) is 18.6 Å². The van der Waals surface area contributed by atoms with Gasteiger partial charge in [0.1, 0.15) is 11.6 Å². The standard InChI is InChI=1S/C13H18F3N3O2/c1-3-5-17-10-7-9(13(14,15)16)8-11(19-10)18-6-4-12(20)21-2/h7-8H,3-6H2,1-2H3,(H2,17,18,19). The molecule has 0 fully saturated rings. The van der Waals surface area contributed by atoms with Crippen molar-refractivity contribution in [3.05, 3.63) is 17.7 Å². The fourth-order valence-corrected chi connectivity index (χ4v) is 1.52. The number of halogens is 3. The minimum absolute atomic E-state index is 0.0478. The van der Waals surface area contributed by atoms with Crippen LogP contribution in [0.25, 0.3) is 0 Å². The van der Waals surface area contributed by atoms with Crippen molar-refractivity contribution in [2.45, 2.75) is 25.9 Å². The van der Waals surface area contributed by atoms with E-state index in [0.29, 0.717) is 6.54 Å². The number of carbonyl (C=O) groups excluding carboxylic acids is 1. The van der Waals surface area contributed by atoms with Gasteiger partial charge in [0.25, 0.3) is 0 Å². The van der Waals surface area contributed by atoms with Crippen molar-refractivity contribution in [3.63, 3.8) is 0 Å². The molecule has 0 aromatic carbocycles. The minimum atomic E-state index is -4.45. The second-order valence-corrected chi connectivity index (χ2v) is 4.30. The highest BCUT2D eigenvalue weighted by Gasteiger charge is 2.31. The monoisotopic (exact) mass is 305 g/mol. The zero-order valence-corrected chi connectivity index (χ0v) is 11.9. The second kappa shape index (κ2) is 7.70. The molecule has 1 rings (SSSR count). The van der Waals surface area contributed by atoms with E-state index in [2.05, 4.69) is 20.4 Å². The van der Waals surface area contributed by atoms with Gasteiger partial charge in [-0.1, -0.05) is 6.92 Å². The van der Waals surface area contributed by atoms with E-state index in [1.54, 1.807) is 0 Å². The summed E-state index contributed by atoms with van der Waals surface area (Å²) in [6.45, 7) is 2.57. The van der Waals surface area contributed by atoms with Gasteiger partial charge >= 0.3 is 12.1 Å². The minimum Gasteiger partial charge on any atom is -0.469 e. The molecule has 0 amide bonds. The topological polar surface area (TPSA) is 63.2 Å². The molecule has 0 radical (unpaired) electrons. The van der Waals surface area contributed by atoms with Gasteiger partial charge in [0.05, 0.1) is 19.1 Å². The molecule has 0 saturated heterocycles. The summed E-state index contributed by atoms with van der Waals surface area (Å²) in [7, 11) is 1.25. The molecular formula is C13H18F3N3O2. The molecule has 2 N–H and O–H groups in total. The Morgan fingerprint density at radius 3 is 2.29 bits per heavy atom. The number of rotatable bonds is 7. The Morgan fingerprint density at radius 2 is 1.81 bits per heavy atom. The number of ether oxygens (including phenoxy) is 1. The Bertz CT molecular complexity index is 478. The lowest BCUT2D eigenvalue weighted by Crippen LogP contribution is -2.14. The smallest absolute Gasteiger partial charge is 0.416 e. The van der Waals surface area contributed by atoms with E-state index in [1.807, 2.05) is 6.92 Å². The Kier molecular flexibility index (Phi) is 6.26. The largest absolute Gasteiger partial charge is 0.469 e. The van der Waals surface area contributed by atoms with Gasteiger partial charge in [0.15, 0.2) is 0 Å². The fraction of sp³-hybridized carbons (Fsp3) is 0.538. The number of esters is 1. The van der Waals surface area contributed by atoms with E-state index >= 15 is 0 Å². The van der Waals surface area contributed by atoms with Crippen LogP contribution in [0.15, 0.2) is 12.1 Å². The highest BCUT2D eigenvalue weighted by Crippen LogP contribution is 2.32. The molecule has 0 atom stereocenters. The van der Waals surface area contributed by atoms with E-state index in [9.17, 15) is 18.0 Å². The lowest BCUT2D eigenvalue weighted by atomic mass is 10.2. The number of anilines is 2. The molecule has 1 aromatic heterocycles. The number of hydrogen-bond acceptors (Lipinski definition) is 5. The van der Waals surface area contributed by atoms with E-state index < -0.39 is 17.7 Å². The summed E-state index contributed by atoms with van der Waals surface area (Å²) >= 11 is 0. The first-order valence-electron chi connectivity index (χ1n) is 6.50. The average molecular weight is 305 g/mol. The van der Waals surface area contributed by atoms with Crippen LogP contribution < -0.4 is 10.6 Å². The molecule has 0 unspecified atom stereocenters. The Hall–Kier alpha value is -1.99. The Balaban J connectivity index is 2.83. The maximum absolute atomic E-state index is 12.8. The van der Waals surface area contributed by atoms with Gasteiger partial charge in [-0.15, -0.1) is 0 Å². The predicted molar refractivity (Wildman–Crippen MR) is 73.1 cm³/mol. The summed E-state index contributed by atoms with van der Waals surface area (Å²) in [5, 5.41) is 5.50. The van der Waals surface area contributed by atoms with Gasteiger partial charge < -0.3 is 15.4 Å². The zero-order chi connectivity index (χ0) is 15.9. The highest BCUT2D eigenvalue weighted by molar-refractivity contribution is 5.69. The number of carbonyl (C=O) groups is 1. The summed E-state index contributed by atoms with van der Waals surface area (Å²) < 4.78 is 42.9. The molecule has 5 nitrogen and oxygen atoms in total. The molecule has 118 valence electrons. The molecular weight excluding hydrogens is 287 g/mol. The first-order valence-corrected chi connectivity index (χ1v) is 6.50. The zero-order valence-electron chi connectivity index (χ0n) is 11.9. The van der Waals surface area contributed by atoms with Gasteiger partial charge in [-0.2, -0.15) is 13.2 Å². The van der Waals surface area contributed by atoms with E-state index in [4.69, 9.17) is 0 Å². The lowest BCUT2D eigenvalue weighted by molar-refractivity contribution is -0.140. The van der Waals surface area contributed by atoms with Crippen molar-refractivity contribution in [1.29, 1.82) is 0 Å². The van der Waals surface area contributed by atoms with Crippen LogP contribution in [0.1, 0.15) is 25.3 Å². The number of nitrogens with one attached hydrogen (secondary N) is 2. The van der Waals surface area contributed by atoms with Crippen LogP contribution in [0, 0.1) is 0 Å². The molecule has 1 heterocycles. The summed E-state index contributed by atoms with van der Waals surface area (Å²) in [6.07, 6.45) is -3.64. The predicted octanol–water partition coefficient (Wildman–Crippen LogP) is 2.90. The van der Waals surface area contributed by atoms with Crippen LogP contribution >= 0.6 is 0 Å². The molecule has 1 aromatic rings. The molecule has 21 heavy (non-hydrogen) atoms. The van der Waals surface area contributed by atoms with Gasteiger partial charge in [-0.3, -0.25) is 4.79 Å². The molecule has 0 spiro atoms. The number of pyridine rings is 1. The molecule has 0 aliphatic heterocycles. The Morgan fingerprint density at radius 1 is 1.24 bits per heavy atom. The molecule has 0 aliphatic rings. The van der Waals surface area contributed by atoms with Gasteiger partial charge in [-0.05, 0) is 18.6 Å². The average Bonchev–Trinajstić information content (AvgIpc) is 2.43. The maximum Gasteiger partial charge on any atom is 0.416 e. The first-order chi connectivity index (χ1) is 9.86. The van der Waals surface area contributed by atoms with E-state index in [1.165, 1.54) is 7.11 Å². The highest BCUT2D eigenvalue weighted by atomic mass is 19.4. The fourth-order valence-electron chi connectivity index (χ4n) is 1.52. The maximum atomic E-state index is 12.8. The molecule has 8 heteroatoms. The second-order valence-electron chi connectivity index (χ2n) is 4.30. The SMILES string of the molecule is CCCNc1cc(C(F)(F)F)cc(NCCC(=O)OC)n1. The van der Waals surface area contributed by atoms with Crippen molar-refractivity contribution in [3.8, 4) is 0 Å². The summed E-state index contributed by atoms with van der Waals surface area (Å²) in [4.78, 5) is 15.0. The van der Waals surface area contributed by atoms with Crippen LogP contribution in [-0.2, 0) is 15.7 Å². The van der Waals surface area contributed by atoms with Crippen LogP contribution in [0.3, 0.4) is 0 Å². The first kappa shape index (κ1) is 17.1.